The van der Waals surface area contributed by atoms with Crippen molar-refractivity contribution in [3.63, 3.8) is 0 Å². The highest BCUT2D eigenvalue weighted by Gasteiger charge is 2.19. The number of nitrogens with zero attached hydrogens (tertiary/aromatic N) is 1. The number of nitrogens with one attached hydrogen (secondary N) is 1. The second kappa shape index (κ2) is 8.28. The van der Waals surface area contributed by atoms with Gasteiger partial charge in [-0.25, -0.2) is 12.8 Å². The Labute approximate surface area is 179 Å². The summed E-state index contributed by atoms with van der Waals surface area (Å²) in [6, 6.07) is 17.3. The number of aryl methyl sites for hydroxylation is 1. The molecule has 0 aliphatic heterocycles. The first kappa shape index (κ1) is 20.7. The molecule has 5 nitrogen and oxygen atoms in total. The second-order valence-electron chi connectivity index (χ2n) is 7.18. The highest BCUT2D eigenvalue weighted by atomic mass is 32.2. The summed E-state index contributed by atoms with van der Waals surface area (Å²) < 4.78 is 39.2. The Bertz CT molecular complexity index is 1380. The lowest BCUT2D eigenvalue weighted by Crippen LogP contribution is -2.22. The molecule has 0 saturated carbocycles. The lowest BCUT2D eigenvalue weighted by atomic mass is 10.1. The molecule has 0 bridgehead atoms. The highest BCUT2D eigenvalue weighted by Crippen LogP contribution is 2.23. The van der Waals surface area contributed by atoms with Crippen LogP contribution in [0.3, 0.4) is 0 Å². The molecule has 1 N–H and O–H groups in total. The number of carbonyl (C=O) groups excluding carboxylic acids is 1. The van der Waals surface area contributed by atoms with E-state index in [1.807, 2.05) is 12.1 Å². The van der Waals surface area contributed by atoms with Gasteiger partial charge in [-0.05, 0) is 65.9 Å². The zero-order valence-electron chi connectivity index (χ0n) is 16.7. The molecule has 0 fully saturated rings. The van der Waals surface area contributed by atoms with Gasteiger partial charge in [0.1, 0.15) is 5.82 Å². The van der Waals surface area contributed by atoms with Crippen LogP contribution in [0.4, 0.5) is 4.39 Å². The fraction of sp³-hybridized carbons (Fsp3) is 0.0833. The smallest absolute Gasteiger partial charge is 0.251 e. The lowest BCUT2D eigenvalue weighted by Gasteiger charge is -2.09. The third-order valence-corrected chi connectivity index (χ3v) is 6.81. The Morgan fingerprint density at radius 1 is 0.935 bits per heavy atom. The summed E-state index contributed by atoms with van der Waals surface area (Å²) in [6.45, 7) is 1.81. The molecule has 7 heteroatoms. The normalized spacial score (nSPS) is 11.4. The first-order valence-electron chi connectivity index (χ1n) is 9.57. The molecule has 0 unspecified atom stereocenters. The summed E-state index contributed by atoms with van der Waals surface area (Å²) in [6.07, 6.45) is 3.40. The number of halogens is 1. The van der Waals surface area contributed by atoms with E-state index < -0.39 is 15.7 Å². The molecule has 0 spiro atoms. The Balaban J connectivity index is 1.46. The quantitative estimate of drug-likeness (QED) is 0.504. The van der Waals surface area contributed by atoms with Gasteiger partial charge in [-0.2, -0.15) is 0 Å². The van der Waals surface area contributed by atoms with Gasteiger partial charge in [0.05, 0.1) is 9.79 Å². The Kier molecular flexibility index (Phi) is 5.52. The monoisotopic (exact) mass is 434 g/mol. The van der Waals surface area contributed by atoms with Crippen LogP contribution in [0.1, 0.15) is 21.5 Å². The third-order valence-electron chi connectivity index (χ3n) is 5.04. The van der Waals surface area contributed by atoms with Crippen molar-refractivity contribution < 1.29 is 17.6 Å². The summed E-state index contributed by atoms with van der Waals surface area (Å²) in [5.41, 5.74) is 1.64. The van der Waals surface area contributed by atoms with E-state index in [0.717, 1.165) is 22.4 Å². The van der Waals surface area contributed by atoms with E-state index in [9.17, 15) is 17.6 Å². The minimum Gasteiger partial charge on any atom is -0.348 e. The van der Waals surface area contributed by atoms with Crippen molar-refractivity contribution in [2.75, 3.05) is 0 Å². The number of aromatic nitrogens is 1. The molecule has 4 rings (SSSR count). The number of carbonyl (C=O) groups is 1. The van der Waals surface area contributed by atoms with Gasteiger partial charge >= 0.3 is 0 Å². The van der Waals surface area contributed by atoms with E-state index >= 15 is 0 Å². The fourth-order valence-electron chi connectivity index (χ4n) is 3.17. The molecule has 1 heterocycles. The zero-order chi connectivity index (χ0) is 22.0. The molecule has 3 aromatic carbocycles. The number of pyridine rings is 1. The first-order valence-corrected chi connectivity index (χ1v) is 11.0. The summed E-state index contributed by atoms with van der Waals surface area (Å²) in [7, 11) is -3.82. The lowest BCUT2D eigenvalue weighted by molar-refractivity contribution is 0.0951. The van der Waals surface area contributed by atoms with E-state index in [1.165, 1.54) is 24.3 Å². The minimum absolute atomic E-state index is 0.0628. The summed E-state index contributed by atoms with van der Waals surface area (Å²) in [4.78, 5) is 16.5. The largest absolute Gasteiger partial charge is 0.348 e. The second-order valence-corrected chi connectivity index (χ2v) is 9.13. The molecule has 0 aliphatic carbocycles. The van der Waals surface area contributed by atoms with Gasteiger partial charge in [-0.15, -0.1) is 0 Å². The van der Waals surface area contributed by atoms with E-state index in [-0.39, 0.29) is 22.2 Å². The Hall–Kier alpha value is -3.58. The number of hydrogen-bond donors (Lipinski definition) is 1. The predicted molar refractivity (Wildman–Crippen MR) is 116 cm³/mol. The Morgan fingerprint density at radius 2 is 1.68 bits per heavy atom. The standard InChI is InChI=1S/C24H19FN2O3S/c1-16-2-7-22(13-23(16)25)31(29,30)21-8-3-17(4-9-21)14-27-24(28)19-6-5-18-10-11-26-15-20(18)12-19/h2-13,15H,14H2,1H3,(H,27,28). The van der Waals surface area contributed by atoms with Crippen molar-refractivity contribution in [1.82, 2.24) is 10.3 Å². The SMILES string of the molecule is Cc1ccc(S(=O)(=O)c2ccc(CNC(=O)c3ccc4ccncc4c3)cc2)cc1F. The van der Waals surface area contributed by atoms with Gasteiger partial charge < -0.3 is 5.32 Å². The molecule has 0 radical (unpaired) electrons. The molecule has 0 atom stereocenters. The maximum Gasteiger partial charge on any atom is 0.251 e. The van der Waals surface area contributed by atoms with Crippen LogP contribution >= 0.6 is 0 Å². The van der Waals surface area contributed by atoms with Crippen molar-refractivity contribution in [2.24, 2.45) is 0 Å². The van der Waals surface area contributed by atoms with Crippen molar-refractivity contribution >= 4 is 26.5 Å². The molecule has 4 aromatic rings. The summed E-state index contributed by atoms with van der Waals surface area (Å²) in [5.74, 6) is -0.803. The van der Waals surface area contributed by atoms with Crippen LogP contribution in [0, 0.1) is 12.7 Å². The minimum atomic E-state index is -3.82. The number of benzene rings is 3. The van der Waals surface area contributed by atoms with Crippen LogP contribution in [-0.2, 0) is 16.4 Å². The van der Waals surface area contributed by atoms with Crippen LogP contribution in [0.15, 0.2) is 88.9 Å². The van der Waals surface area contributed by atoms with E-state index in [2.05, 4.69) is 10.3 Å². The molecule has 31 heavy (non-hydrogen) atoms. The van der Waals surface area contributed by atoms with Gasteiger partial charge in [0.15, 0.2) is 0 Å². The third kappa shape index (κ3) is 4.32. The first-order chi connectivity index (χ1) is 14.8. The van der Waals surface area contributed by atoms with Gasteiger partial charge in [-0.1, -0.05) is 24.3 Å². The highest BCUT2D eigenvalue weighted by molar-refractivity contribution is 7.91. The topological polar surface area (TPSA) is 76.1 Å². The van der Waals surface area contributed by atoms with Crippen LogP contribution < -0.4 is 5.32 Å². The van der Waals surface area contributed by atoms with Crippen molar-refractivity contribution in [3.8, 4) is 0 Å². The van der Waals surface area contributed by atoms with Crippen molar-refractivity contribution in [2.45, 2.75) is 23.3 Å². The molecular weight excluding hydrogens is 415 g/mol. The molecule has 0 saturated heterocycles. The average molecular weight is 434 g/mol. The molecule has 1 aromatic heterocycles. The van der Waals surface area contributed by atoms with Gasteiger partial charge in [0.25, 0.3) is 5.91 Å². The molecule has 156 valence electrons. The summed E-state index contributed by atoms with van der Waals surface area (Å²) in [5, 5.41) is 4.69. The average Bonchev–Trinajstić information content (AvgIpc) is 2.79. The number of sulfone groups is 1. The number of fused-ring (bicyclic) bond motifs is 1. The molecule has 1 amide bonds. The number of amides is 1. The van der Waals surface area contributed by atoms with Crippen LogP contribution in [0.5, 0.6) is 0 Å². The van der Waals surface area contributed by atoms with E-state index in [0.29, 0.717) is 11.1 Å². The number of hydrogen-bond acceptors (Lipinski definition) is 4. The van der Waals surface area contributed by atoms with Gasteiger partial charge in [0.2, 0.25) is 9.84 Å². The van der Waals surface area contributed by atoms with Crippen molar-refractivity contribution in [1.29, 1.82) is 0 Å². The zero-order valence-corrected chi connectivity index (χ0v) is 17.5. The predicted octanol–water partition coefficient (Wildman–Crippen LogP) is 4.45. The molecular formula is C24H19FN2O3S. The Morgan fingerprint density at radius 3 is 2.42 bits per heavy atom. The maximum atomic E-state index is 13.8. The van der Waals surface area contributed by atoms with E-state index in [4.69, 9.17) is 0 Å². The number of rotatable bonds is 5. The molecule has 0 aliphatic rings. The van der Waals surface area contributed by atoms with Crippen LogP contribution in [-0.4, -0.2) is 19.3 Å². The van der Waals surface area contributed by atoms with Crippen LogP contribution in [0.25, 0.3) is 10.8 Å². The summed E-state index contributed by atoms with van der Waals surface area (Å²) >= 11 is 0. The van der Waals surface area contributed by atoms with Crippen LogP contribution in [0.2, 0.25) is 0 Å². The van der Waals surface area contributed by atoms with E-state index in [1.54, 1.807) is 43.6 Å². The fourth-order valence-corrected chi connectivity index (χ4v) is 4.45. The van der Waals surface area contributed by atoms with Crippen molar-refractivity contribution in [3.05, 3.63) is 102 Å². The van der Waals surface area contributed by atoms with Gasteiger partial charge in [-0.3, -0.25) is 9.78 Å². The maximum absolute atomic E-state index is 13.8. The van der Waals surface area contributed by atoms with Gasteiger partial charge in [0, 0.05) is 29.9 Å².